The summed E-state index contributed by atoms with van der Waals surface area (Å²) < 4.78 is 19.1. The van der Waals surface area contributed by atoms with E-state index >= 15 is 0 Å². The molecule has 342 valence electrons. The highest BCUT2D eigenvalue weighted by atomic mass is 35.6. The Hall–Kier alpha value is -6.42. The van der Waals surface area contributed by atoms with Gasteiger partial charge in [0.05, 0.1) is 43.3 Å². The molecule has 2 aliphatic rings. The normalized spacial score (nSPS) is 15.7. The minimum absolute atomic E-state index is 0.0303. The van der Waals surface area contributed by atoms with Gasteiger partial charge in [0.15, 0.2) is 17.7 Å². The quantitative estimate of drug-likeness (QED) is 0.0510. The van der Waals surface area contributed by atoms with Crippen molar-refractivity contribution < 1.29 is 48.1 Å². The third kappa shape index (κ3) is 10.3. The molecule has 0 radical (unpaired) electrons. The van der Waals surface area contributed by atoms with Gasteiger partial charge in [-0.3, -0.25) is 29.4 Å². The van der Waals surface area contributed by atoms with E-state index in [9.17, 15) is 33.9 Å². The van der Waals surface area contributed by atoms with E-state index in [2.05, 4.69) is 21.3 Å². The number of nitrogens with one attached hydrogen (secondary N) is 5. The summed E-state index contributed by atoms with van der Waals surface area (Å²) in [5.41, 5.74) is 6.00. The number of hydrogen-bond donors (Lipinski definition) is 7. The van der Waals surface area contributed by atoms with Crippen LogP contribution in [0.1, 0.15) is 67.5 Å². The lowest BCUT2D eigenvalue weighted by Crippen LogP contribution is -2.51. The molecule has 6 amide bonds. The number of nitrogens with two attached hydrogens (primary N) is 1. The standard InChI is InChI=1S/C40H46Cl3N11O10/c1-50-22(34(56)46-15-13-29(44)45)7-11-31(50)48-36(58)24-9-12-32(52(24)3)49-35(57)23-8-10-30(51(23)2)47-33(55)14-17-63-28-19-26-21(18-27(28)62-4)37(59)53-16-5-6-25(53)38(60)54(26)39(61)64-20-40(41,42)43/h7-12,18-19,25,38,60H,5-6,13-17,20H2,1-4H3,(H3,44,45)(H,46,56)(H,47,55)(H,48,58)(H,49,57)/t25-,38-/m0/s1. The minimum Gasteiger partial charge on any atom is -0.493 e. The van der Waals surface area contributed by atoms with Crippen molar-refractivity contribution >= 4 is 99.4 Å². The van der Waals surface area contributed by atoms with Gasteiger partial charge in [0.1, 0.15) is 41.1 Å². The fourth-order valence-electron chi connectivity index (χ4n) is 7.25. The van der Waals surface area contributed by atoms with Gasteiger partial charge in [-0.25, -0.2) is 9.69 Å². The van der Waals surface area contributed by atoms with Crippen LogP contribution in [-0.2, 0) is 30.7 Å². The monoisotopic (exact) mass is 945 g/mol. The highest BCUT2D eigenvalue weighted by Gasteiger charge is 2.45. The van der Waals surface area contributed by atoms with Gasteiger partial charge in [-0.05, 0) is 55.3 Å². The van der Waals surface area contributed by atoms with Crippen LogP contribution in [0, 0.1) is 5.41 Å². The summed E-state index contributed by atoms with van der Waals surface area (Å²) in [6.45, 7) is -0.301. The molecule has 0 saturated carbocycles. The zero-order valence-electron chi connectivity index (χ0n) is 35.0. The number of ether oxygens (including phenoxy) is 3. The molecule has 6 rings (SSSR count). The van der Waals surface area contributed by atoms with E-state index in [4.69, 9.17) is 60.2 Å². The van der Waals surface area contributed by atoms with Crippen LogP contribution < -0.4 is 41.4 Å². The number of hydrogen-bond acceptors (Lipinski definition) is 11. The number of halogens is 3. The maximum Gasteiger partial charge on any atom is 0.416 e. The lowest BCUT2D eigenvalue weighted by molar-refractivity contribution is -0.116. The molecular formula is C40H46Cl3N11O10. The molecule has 0 spiro atoms. The molecule has 24 heteroatoms. The van der Waals surface area contributed by atoms with Crippen LogP contribution in [0.3, 0.4) is 0 Å². The van der Waals surface area contributed by atoms with Gasteiger partial charge in [0, 0.05) is 46.7 Å². The van der Waals surface area contributed by atoms with E-state index in [1.165, 1.54) is 56.0 Å². The predicted octanol–water partition coefficient (Wildman–Crippen LogP) is 3.93. The topological polar surface area (TPSA) is 270 Å². The van der Waals surface area contributed by atoms with Crippen molar-refractivity contribution in [1.82, 2.24) is 23.9 Å². The van der Waals surface area contributed by atoms with E-state index in [1.54, 1.807) is 39.3 Å². The Labute approximate surface area is 381 Å². The maximum atomic E-state index is 13.7. The Balaban J connectivity index is 1.07. The smallest absolute Gasteiger partial charge is 0.416 e. The molecular weight excluding hydrogens is 901 g/mol. The third-order valence-corrected chi connectivity index (χ3v) is 10.9. The van der Waals surface area contributed by atoms with E-state index in [0.29, 0.717) is 31.0 Å². The molecule has 64 heavy (non-hydrogen) atoms. The Bertz CT molecular complexity index is 2490. The van der Waals surface area contributed by atoms with Gasteiger partial charge in [0.25, 0.3) is 23.6 Å². The number of nitrogens with zero attached hydrogens (tertiary/aromatic N) is 5. The molecule has 1 fully saturated rings. The lowest BCUT2D eigenvalue weighted by atomic mass is 10.1. The Kier molecular flexibility index (Phi) is 14.4. The van der Waals surface area contributed by atoms with Crippen LogP contribution in [-0.4, -0.2) is 115 Å². The maximum absolute atomic E-state index is 13.7. The van der Waals surface area contributed by atoms with Gasteiger partial charge in [0.2, 0.25) is 9.70 Å². The minimum atomic E-state index is -1.94. The number of anilines is 4. The fraction of sp³-hybridized carbons (Fsp3) is 0.375. The summed E-state index contributed by atoms with van der Waals surface area (Å²) in [7, 11) is 6.13. The van der Waals surface area contributed by atoms with E-state index in [-0.39, 0.29) is 77.5 Å². The lowest BCUT2D eigenvalue weighted by Gasteiger charge is -2.32. The van der Waals surface area contributed by atoms with Crippen LogP contribution in [0.15, 0.2) is 48.5 Å². The molecule has 5 heterocycles. The zero-order chi connectivity index (χ0) is 46.6. The highest BCUT2D eigenvalue weighted by molar-refractivity contribution is 6.67. The predicted molar refractivity (Wildman–Crippen MR) is 237 cm³/mol. The molecule has 0 aliphatic carbocycles. The number of aliphatic hydroxyl groups excluding tert-OH is 1. The van der Waals surface area contributed by atoms with E-state index in [0.717, 1.165) is 4.90 Å². The largest absolute Gasteiger partial charge is 0.493 e. The fourth-order valence-corrected chi connectivity index (χ4v) is 7.41. The van der Waals surface area contributed by atoms with Crippen LogP contribution >= 0.6 is 34.8 Å². The van der Waals surface area contributed by atoms with E-state index < -0.39 is 58.3 Å². The third-order valence-electron chi connectivity index (χ3n) is 10.6. The summed E-state index contributed by atoms with van der Waals surface area (Å²) in [4.78, 5) is 81.8. The van der Waals surface area contributed by atoms with Gasteiger partial charge in [-0.1, -0.05) is 34.8 Å². The van der Waals surface area contributed by atoms with Crippen molar-refractivity contribution in [2.24, 2.45) is 26.9 Å². The Morgan fingerprint density at radius 3 is 1.95 bits per heavy atom. The number of fused-ring (bicyclic) bond motifs is 2. The molecule has 0 unspecified atom stereocenters. The van der Waals surface area contributed by atoms with Crippen molar-refractivity contribution in [2.45, 2.75) is 41.7 Å². The Morgan fingerprint density at radius 1 is 0.844 bits per heavy atom. The molecule has 8 N–H and O–H groups in total. The molecule has 21 nitrogen and oxygen atoms in total. The number of amidine groups is 1. The summed E-state index contributed by atoms with van der Waals surface area (Å²) in [6.07, 6.45) is -1.56. The molecule has 0 bridgehead atoms. The summed E-state index contributed by atoms with van der Waals surface area (Å²) in [5, 5.41) is 29.6. The molecule has 2 aliphatic heterocycles. The molecule has 4 aromatic rings. The average molecular weight is 947 g/mol. The second-order valence-electron chi connectivity index (χ2n) is 14.8. The summed E-state index contributed by atoms with van der Waals surface area (Å²) in [5.74, 6) is -1.33. The van der Waals surface area contributed by atoms with E-state index in [1.807, 2.05) is 0 Å². The van der Waals surface area contributed by atoms with Crippen molar-refractivity contribution in [3.05, 3.63) is 71.2 Å². The number of alkyl halides is 3. The van der Waals surface area contributed by atoms with Gasteiger partial charge >= 0.3 is 6.09 Å². The van der Waals surface area contributed by atoms with Crippen molar-refractivity contribution in [3.8, 4) is 11.5 Å². The first-order valence-electron chi connectivity index (χ1n) is 19.7. The number of methoxy groups -OCH3 is 1. The summed E-state index contributed by atoms with van der Waals surface area (Å²) >= 11 is 17.4. The van der Waals surface area contributed by atoms with Crippen molar-refractivity contribution in [1.29, 1.82) is 5.41 Å². The first kappa shape index (κ1) is 47.1. The molecule has 1 aromatic carbocycles. The van der Waals surface area contributed by atoms with Gasteiger partial charge in [-0.15, -0.1) is 0 Å². The van der Waals surface area contributed by atoms with Gasteiger partial charge < -0.3 is 64.9 Å². The Morgan fingerprint density at radius 2 is 1.41 bits per heavy atom. The van der Waals surface area contributed by atoms with Crippen LogP contribution in [0.5, 0.6) is 11.5 Å². The van der Waals surface area contributed by atoms with Crippen LogP contribution in [0.2, 0.25) is 0 Å². The number of carbonyl (C=O) groups excluding carboxylic acids is 6. The van der Waals surface area contributed by atoms with Crippen molar-refractivity contribution in [2.75, 3.05) is 54.3 Å². The number of aromatic nitrogens is 3. The SMILES string of the molecule is COc1cc2c(cc1OCCC(=O)Nc1ccc(C(=O)Nc3ccc(C(=O)Nc4ccc(C(=O)NCCC(=N)N)n4C)n3C)n1C)N(C(=O)OCC(Cl)(Cl)Cl)[C@@H](O)[C@@H]1CCCN1C2=O. The number of amides is 6. The highest BCUT2D eigenvalue weighted by Crippen LogP contribution is 2.41. The zero-order valence-corrected chi connectivity index (χ0v) is 37.3. The summed E-state index contributed by atoms with van der Waals surface area (Å²) in [6, 6.07) is 11.2. The molecule has 1 saturated heterocycles. The van der Waals surface area contributed by atoms with Gasteiger partial charge in [-0.2, -0.15) is 0 Å². The number of benzene rings is 1. The number of carbonyl (C=O) groups is 6. The number of rotatable bonds is 15. The van der Waals surface area contributed by atoms with Crippen LogP contribution in [0.4, 0.5) is 27.9 Å². The first-order chi connectivity index (χ1) is 30.3. The first-order valence-corrected chi connectivity index (χ1v) is 20.8. The second-order valence-corrected chi connectivity index (χ2v) is 17.3. The molecule has 3 aromatic heterocycles. The van der Waals surface area contributed by atoms with Crippen LogP contribution in [0.25, 0.3) is 0 Å². The average Bonchev–Trinajstić information content (AvgIpc) is 4.03. The second kappa shape index (κ2) is 19.5. The number of aliphatic hydroxyl groups is 1. The van der Waals surface area contributed by atoms with Crippen molar-refractivity contribution in [3.63, 3.8) is 0 Å². The molecule has 2 atom stereocenters.